The van der Waals surface area contributed by atoms with Crippen molar-refractivity contribution in [1.82, 2.24) is 0 Å². The Bertz CT molecular complexity index is 822. The van der Waals surface area contributed by atoms with Gasteiger partial charge in [0.05, 0.1) is 6.61 Å². The zero-order chi connectivity index (χ0) is 20.8. The number of carbonyl (C=O) groups is 1. The Kier molecular flexibility index (Phi) is 7.12. The smallest absolute Gasteiger partial charge is 0.222 e. The summed E-state index contributed by atoms with van der Waals surface area (Å²) < 4.78 is 22.4. The van der Waals surface area contributed by atoms with Gasteiger partial charge in [0.2, 0.25) is 12.1 Å². The number of Topliss-reactive ketones (excluding diaryl/α,β-unsaturated/α-hetero) is 1. The van der Waals surface area contributed by atoms with Gasteiger partial charge in [-0.1, -0.05) is 36.4 Å². The van der Waals surface area contributed by atoms with E-state index in [2.05, 4.69) is 0 Å². The first-order chi connectivity index (χ1) is 14.7. The van der Waals surface area contributed by atoms with Crippen molar-refractivity contribution in [3.63, 3.8) is 0 Å². The van der Waals surface area contributed by atoms with Gasteiger partial charge in [-0.2, -0.15) is 0 Å². The van der Waals surface area contributed by atoms with Crippen molar-refractivity contribution in [2.45, 2.75) is 57.4 Å². The number of carbonyl (C=O) groups excluding carboxylic acids is 1. The molecule has 2 heterocycles. The zero-order valence-corrected chi connectivity index (χ0v) is 17.0. The van der Waals surface area contributed by atoms with E-state index in [1.807, 2.05) is 36.4 Å². The Balaban J connectivity index is 1.46. The first-order valence-electron chi connectivity index (χ1n) is 10.7. The molecule has 3 atom stereocenters. The molecule has 2 aliphatic heterocycles. The molecule has 2 aromatic carbocycles. The molecule has 0 bridgehead atoms. The molecule has 0 aliphatic carbocycles. The highest BCUT2D eigenvalue weighted by Gasteiger charge is 2.26. The lowest BCUT2D eigenvalue weighted by molar-refractivity contribution is -0.222. The molecule has 4 rings (SSSR count). The van der Waals surface area contributed by atoms with E-state index in [0.717, 1.165) is 55.6 Å². The Labute approximate surface area is 176 Å². The Morgan fingerprint density at radius 2 is 1.57 bits per heavy atom. The highest BCUT2D eigenvalue weighted by atomic mass is 16.7. The average Bonchev–Trinajstić information content (AvgIpc) is 2.80. The van der Waals surface area contributed by atoms with Crippen LogP contribution in [0.5, 0.6) is 5.75 Å². The zero-order valence-electron chi connectivity index (χ0n) is 17.0. The summed E-state index contributed by atoms with van der Waals surface area (Å²) in [5, 5.41) is 10.3. The average molecular weight is 412 g/mol. The lowest BCUT2D eigenvalue weighted by Crippen LogP contribution is -2.33. The van der Waals surface area contributed by atoms with E-state index in [1.165, 1.54) is 0 Å². The normalized spacial score (nSPS) is 23.0. The van der Waals surface area contributed by atoms with E-state index in [9.17, 15) is 9.90 Å². The standard InChI is InChI=1S/C24H28O6/c25-23(24(26)30-22-10-4-6-16-28-22)20-8-2-1-7-19(20)17-11-13-18(14-12-17)29-21-9-3-5-15-27-21/h1-2,7-8,11-14,21-22,24,26H,3-6,9-10,15-16H2. The fraction of sp³-hybridized carbons (Fsp3) is 0.458. The van der Waals surface area contributed by atoms with Crippen molar-refractivity contribution in [1.29, 1.82) is 0 Å². The Morgan fingerprint density at radius 1 is 0.900 bits per heavy atom. The van der Waals surface area contributed by atoms with Crippen LogP contribution in [0.15, 0.2) is 48.5 Å². The van der Waals surface area contributed by atoms with Gasteiger partial charge < -0.3 is 24.1 Å². The van der Waals surface area contributed by atoms with E-state index >= 15 is 0 Å². The monoisotopic (exact) mass is 412 g/mol. The molecule has 2 saturated heterocycles. The second-order valence-corrected chi connectivity index (χ2v) is 7.63. The number of aliphatic hydroxyl groups excluding tert-OH is 1. The number of hydrogen-bond donors (Lipinski definition) is 1. The van der Waals surface area contributed by atoms with Crippen molar-refractivity contribution in [2.75, 3.05) is 13.2 Å². The molecule has 30 heavy (non-hydrogen) atoms. The van der Waals surface area contributed by atoms with Gasteiger partial charge in [0.25, 0.3) is 0 Å². The first-order valence-corrected chi connectivity index (χ1v) is 10.7. The van der Waals surface area contributed by atoms with Crippen LogP contribution in [0.2, 0.25) is 0 Å². The topological polar surface area (TPSA) is 74.2 Å². The second kappa shape index (κ2) is 10.2. The Hall–Kier alpha value is -2.25. The minimum absolute atomic E-state index is 0.201. The molecule has 2 aliphatic rings. The Morgan fingerprint density at radius 3 is 2.23 bits per heavy atom. The van der Waals surface area contributed by atoms with Crippen LogP contribution in [0.1, 0.15) is 48.9 Å². The molecule has 6 nitrogen and oxygen atoms in total. The van der Waals surface area contributed by atoms with Crippen LogP contribution < -0.4 is 4.74 Å². The fourth-order valence-electron chi connectivity index (χ4n) is 3.78. The maximum atomic E-state index is 12.9. The molecular weight excluding hydrogens is 384 g/mol. The van der Waals surface area contributed by atoms with Gasteiger partial charge >= 0.3 is 0 Å². The van der Waals surface area contributed by atoms with E-state index in [4.69, 9.17) is 18.9 Å². The molecule has 0 amide bonds. The number of aliphatic hydroxyl groups is 1. The number of benzene rings is 2. The van der Waals surface area contributed by atoms with Crippen molar-refractivity contribution in [3.05, 3.63) is 54.1 Å². The van der Waals surface area contributed by atoms with Crippen LogP contribution in [-0.2, 0) is 14.2 Å². The van der Waals surface area contributed by atoms with Crippen LogP contribution in [0.3, 0.4) is 0 Å². The van der Waals surface area contributed by atoms with E-state index in [1.54, 1.807) is 12.1 Å². The van der Waals surface area contributed by atoms with Crippen LogP contribution in [0.4, 0.5) is 0 Å². The van der Waals surface area contributed by atoms with Crippen molar-refractivity contribution in [3.8, 4) is 16.9 Å². The quantitative estimate of drug-likeness (QED) is 0.540. The highest BCUT2D eigenvalue weighted by molar-refractivity contribution is 6.04. The van der Waals surface area contributed by atoms with Crippen LogP contribution in [0.25, 0.3) is 11.1 Å². The van der Waals surface area contributed by atoms with Crippen LogP contribution >= 0.6 is 0 Å². The second-order valence-electron chi connectivity index (χ2n) is 7.63. The summed E-state index contributed by atoms with van der Waals surface area (Å²) in [5.41, 5.74) is 2.00. The van der Waals surface area contributed by atoms with Gasteiger partial charge in [0.15, 0.2) is 12.6 Å². The van der Waals surface area contributed by atoms with Gasteiger partial charge in [0.1, 0.15) is 5.75 Å². The molecule has 160 valence electrons. The van der Waals surface area contributed by atoms with Crippen LogP contribution in [-0.4, -0.2) is 43.0 Å². The molecule has 2 aromatic rings. The number of ether oxygens (including phenoxy) is 4. The van der Waals surface area contributed by atoms with E-state index < -0.39 is 18.4 Å². The minimum atomic E-state index is -1.56. The van der Waals surface area contributed by atoms with Gasteiger partial charge in [-0.3, -0.25) is 4.79 Å². The summed E-state index contributed by atoms with van der Waals surface area (Å²) >= 11 is 0. The maximum Gasteiger partial charge on any atom is 0.222 e. The lowest BCUT2D eigenvalue weighted by atomic mass is 9.96. The summed E-state index contributed by atoms with van der Waals surface area (Å²) in [6, 6.07) is 14.8. The number of hydrogen-bond acceptors (Lipinski definition) is 6. The van der Waals surface area contributed by atoms with Crippen molar-refractivity contribution in [2.24, 2.45) is 0 Å². The molecule has 3 unspecified atom stereocenters. The molecule has 0 aromatic heterocycles. The minimum Gasteiger partial charge on any atom is -0.465 e. The van der Waals surface area contributed by atoms with E-state index in [-0.39, 0.29) is 6.29 Å². The maximum absolute atomic E-state index is 12.9. The summed E-state index contributed by atoms with van der Waals surface area (Å²) in [7, 11) is 0. The number of rotatable bonds is 7. The SMILES string of the molecule is O=C(c1ccccc1-c1ccc(OC2CCCCO2)cc1)C(O)OC1CCCCO1. The lowest BCUT2D eigenvalue weighted by Gasteiger charge is -2.25. The third-order valence-electron chi connectivity index (χ3n) is 5.41. The third-order valence-corrected chi connectivity index (χ3v) is 5.41. The molecule has 0 radical (unpaired) electrons. The summed E-state index contributed by atoms with van der Waals surface area (Å²) in [6.45, 7) is 1.32. The van der Waals surface area contributed by atoms with Crippen molar-refractivity contribution >= 4 is 5.78 Å². The third kappa shape index (κ3) is 5.26. The van der Waals surface area contributed by atoms with Gasteiger partial charge in [-0.25, -0.2) is 0 Å². The highest BCUT2D eigenvalue weighted by Crippen LogP contribution is 2.28. The predicted octanol–water partition coefficient (Wildman–Crippen LogP) is 4.30. The molecule has 1 N–H and O–H groups in total. The first kappa shape index (κ1) is 21.0. The summed E-state index contributed by atoms with van der Waals surface area (Å²) in [4.78, 5) is 12.9. The van der Waals surface area contributed by atoms with Gasteiger partial charge in [-0.15, -0.1) is 0 Å². The summed E-state index contributed by atoms with van der Waals surface area (Å²) in [6.07, 6.45) is 3.39. The predicted molar refractivity (Wildman–Crippen MR) is 111 cm³/mol. The largest absolute Gasteiger partial charge is 0.465 e. The molecule has 0 spiro atoms. The molecule has 0 saturated carbocycles. The van der Waals surface area contributed by atoms with E-state index in [0.29, 0.717) is 18.6 Å². The van der Waals surface area contributed by atoms with Gasteiger partial charge in [0, 0.05) is 18.6 Å². The fourth-order valence-corrected chi connectivity index (χ4v) is 3.78. The molecular formula is C24H28O6. The van der Waals surface area contributed by atoms with Gasteiger partial charge in [-0.05, 0) is 55.4 Å². The number of ketones is 1. The molecule has 2 fully saturated rings. The summed E-state index contributed by atoms with van der Waals surface area (Å²) in [5.74, 6) is 0.253. The van der Waals surface area contributed by atoms with Crippen molar-refractivity contribution < 1.29 is 28.8 Å². The van der Waals surface area contributed by atoms with Crippen LogP contribution in [0, 0.1) is 0 Å². The molecule has 6 heteroatoms.